The number of hydrogen-bond donors (Lipinski definition) is 2. The van der Waals surface area contributed by atoms with Crippen molar-refractivity contribution in [1.29, 1.82) is 0 Å². The van der Waals surface area contributed by atoms with Gasteiger partial charge in [0.2, 0.25) is 0 Å². The molecule has 5 heteroatoms. The van der Waals surface area contributed by atoms with Crippen LogP contribution in [0.1, 0.15) is 37.2 Å². The second kappa shape index (κ2) is 8.31. The van der Waals surface area contributed by atoms with Gasteiger partial charge in [0.25, 0.3) is 0 Å². The highest BCUT2D eigenvalue weighted by Gasteiger charge is 2.24. The zero-order valence-corrected chi connectivity index (χ0v) is 16.5. The quantitative estimate of drug-likeness (QED) is 0.584. The number of nitrogens with one attached hydrogen (secondary N) is 1. The highest BCUT2D eigenvalue weighted by Crippen LogP contribution is 2.29. The highest BCUT2D eigenvalue weighted by molar-refractivity contribution is 5.99. The number of likely N-dealkylation sites (N-methyl/N-ethyl adjacent to an activating group) is 1. The minimum Gasteiger partial charge on any atom is -0.388 e. The van der Waals surface area contributed by atoms with Crippen LogP contribution in [0.25, 0.3) is 0 Å². The van der Waals surface area contributed by atoms with E-state index < -0.39 is 0 Å². The molecular formula is C23H29FN4. The van der Waals surface area contributed by atoms with Crippen molar-refractivity contribution in [3.8, 4) is 0 Å². The zero-order valence-electron chi connectivity index (χ0n) is 16.5. The van der Waals surface area contributed by atoms with Crippen molar-refractivity contribution in [2.45, 2.75) is 31.6 Å². The van der Waals surface area contributed by atoms with E-state index in [9.17, 15) is 4.39 Å². The molecule has 0 amide bonds. The first-order valence-corrected chi connectivity index (χ1v) is 10.2. The molecule has 1 aromatic carbocycles. The van der Waals surface area contributed by atoms with Gasteiger partial charge in [-0.25, -0.2) is 9.38 Å². The van der Waals surface area contributed by atoms with E-state index in [1.807, 2.05) is 18.2 Å². The van der Waals surface area contributed by atoms with E-state index in [2.05, 4.69) is 29.4 Å². The van der Waals surface area contributed by atoms with Crippen LogP contribution in [0.15, 0.2) is 64.5 Å². The number of nitrogens with two attached hydrogens (primary N) is 1. The maximum absolute atomic E-state index is 13.1. The number of allylic oxidation sites excluding steroid dienone is 3. The first kappa shape index (κ1) is 18.9. The number of nitrogens with zero attached hydrogens (tertiary/aromatic N) is 2. The fourth-order valence-corrected chi connectivity index (χ4v) is 3.77. The highest BCUT2D eigenvalue weighted by atomic mass is 19.1. The zero-order chi connectivity index (χ0) is 19.5. The molecule has 2 aliphatic carbocycles. The second-order valence-corrected chi connectivity index (χ2v) is 8.15. The molecular weight excluding hydrogens is 351 g/mol. The monoisotopic (exact) mass is 380 g/mol. The number of benzene rings is 1. The Balaban J connectivity index is 1.46. The Hall–Kier alpha value is -2.40. The van der Waals surface area contributed by atoms with E-state index in [0.29, 0.717) is 5.84 Å². The van der Waals surface area contributed by atoms with E-state index in [4.69, 9.17) is 10.7 Å². The molecule has 1 heterocycles. The third kappa shape index (κ3) is 4.71. The van der Waals surface area contributed by atoms with Crippen LogP contribution in [-0.2, 0) is 0 Å². The average molecular weight is 381 g/mol. The lowest BCUT2D eigenvalue weighted by Gasteiger charge is -2.28. The molecule has 0 saturated heterocycles. The molecule has 3 N–H and O–H groups in total. The summed E-state index contributed by atoms with van der Waals surface area (Å²) in [7, 11) is 2.12. The van der Waals surface area contributed by atoms with Crippen molar-refractivity contribution < 1.29 is 4.39 Å². The molecule has 148 valence electrons. The summed E-state index contributed by atoms with van der Waals surface area (Å²) in [5.74, 6) is 1.51. The lowest BCUT2D eigenvalue weighted by Crippen LogP contribution is -2.37. The predicted octanol–water partition coefficient (Wildman–Crippen LogP) is 3.70. The van der Waals surface area contributed by atoms with Crippen LogP contribution in [0.3, 0.4) is 0 Å². The molecule has 1 unspecified atom stereocenters. The average Bonchev–Trinajstić information content (AvgIpc) is 3.53. The van der Waals surface area contributed by atoms with Gasteiger partial charge in [0.1, 0.15) is 11.7 Å². The number of halogens is 1. The molecule has 1 aromatic rings. The van der Waals surface area contributed by atoms with Crippen molar-refractivity contribution in [3.05, 3.63) is 70.8 Å². The SMILES string of the molecule is CN1CCC(NCC2CC2)=C(C(N)=NC2=CCC(c3ccc(F)cc3)C=C2)C1. The molecule has 1 aliphatic heterocycles. The van der Waals surface area contributed by atoms with Gasteiger partial charge in [-0.15, -0.1) is 0 Å². The standard InChI is InChI=1S/C23H29FN4/c1-28-13-12-22(26-14-16-2-3-16)21(15-28)23(25)27-20-10-6-18(7-11-20)17-4-8-19(24)9-5-17/h4-6,8-11,16,18,26H,2-3,7,12-15H2,1H3,(H2,25,27). The maximum Gasteiger partial charge on any atom is 0.130 e. The summed E-state index contributed by atoms with van der Waals surface area (Å²) in [6, 6.07) is 6.73. The minimum absolute atomic E-state index is 0.200. The second-order valence-electron chi connectivity index (χ2n) is 8.15. The van der Waals surface area contributed by atoms with E-state index in [1.54, 1.807) is 0 Å². The lowest BCUT2D eigenvalue weighted by molar-refractivity contribution is 0.346. The first-order chi connectivity index (χ1) is 13.6. The van der Waals surface area contributed by atoms with Crippen LogP contribution >= 0.6 is 0 Å². The van der Waals surface area contributed by atoms with Crippen LogP contribution in [0.4, 0.5) is 4.39 Å². The molecule has 4 nitrogen and oxygen atoms in total. The normalized spacial score (nSPS) is 23.7. The number of amidine groups is 1. The molecule has 0 radical (unpaired) electrons. The minimum atomic E-state index is -0.200. The molecule has 0 spiro atoms. The van der Waals surface area contributed by atoms with Gasteiger partial charge >= 0.3 is 0 Å². The van der Waals surface area contributed by atoms with Crippen molar-refractivity contribution in [1.82, 2.24) is 10.2 Å². The molecule has 1 saturated carbocycles. The Morgan fingerprint density at radius 3 is 2.75 bits per heavy atom. The lowest BCUT2D eigenvalue weighted by atomic mass is 9.92. The summed E-state index contributed by atoms with van der Waals surface area (Å²) < 4.78 is 13.1. The fourth-order valence-electron chi connectivity index (χ4n) is 3.77. The third-order valence-electron chi connectivity index (χ3n) is 5.77. The van der Waals surface area contributed by atoms with Crippen molar-refractivity contribution in [2.24, 2.45) is 16.6 Å². The molecule has 1 fully saturated rings. The van der Waals surface area contributed by atoms with E-state index >= 15 is 0 Å². The van der Waals surface area contributed by atoms with Gasteiger partial charge in [0, 0.05) is 43.2 Å². The van der Waals surface area contributed by atoms with Crippen LogP contribution in [0.5, 0.6) is 0 Å². The van der Waals surface area contributed by atoms with Crippen molar-refractivity contribution >= 4 is 5.84 Å². The molecule has 0 bridgehead atoms. The van der Waals surface area contributed by atoms with E-state index in [-0.39, 0.29) is 11.7 Å². The predicted molar refractivity (Wildman–Crippen MR) is 112 cm³/mol. The Morgan fingerprint density at radius 2 is 2.07 bits per heavy atom. The van der Waals surface area contributed by atoms with E-state index in [0.717, 1.165) is 55.2 Å². The fraction of sp³-hybridized carbons (Fsp3) is 0.435. The topological polar surface area (TPSA) is 53.6 Å². The van der Waals surface area contributed by atoms with Crippen LogP contribution in [-0.4, -0.2) is 37.4 Å². The van der Waals surface area contributed by atoms with Gasteiger partial charge in [-0.05, 0) is 56.0 Å². The molecule has 0 aromatic heterocycles. The van der Waals surface area contributed by atoms with Gasteiger partial charge in [0.05, 0.1) is 5.70 Å². The van der Waals surface area contributed by atoms with Crippen LogP contribution in [0, 0.1) is 11.7 Å². The Bertz CT molecular complexity index is 831. The Kier molecular flexibility index (Phi) is 5.62. The first-order valence-electron chi connectivity index (χ1n) is 10.2. The number of hydrogen-bond acceptors (Lipinski definition) is 3. The smallest absolute Gasteiger partial charge is 0.130 e. The third-order valence-corrected chi connectivity index (χ3v) is 5.77. The Morgan fingerprint density at radius 1 is 1.29 bits per heavy atom. The molecule has 1 atom stereocenters. The Labute approximate surface area is 166 Å². The number of rotatable bonds is 6. The molecule has 28 heavy (non-hydrogen) atoms. The van der Waals surface area contributed by atoms with Crippen LogP contribution in [0.2, 0.25) is 0 Å². The van der Waals surface area contributed by atoms with E-state index in [1.165, 1.54) is 30.7 Å². The maximum atomic E-state index is 13.1. The van der Waals surface area contributed by atoms with Crippen LogP contribution < -0.4 is 11.1 Å². The summed E-state index contributed by atoms with van der Waals surface area (Å²) >= 11 is 0. The van der Waals surface area contributed by atoms with Gasteiger partial charge in [-0.2, -0.15) is 0 Å². The van der Waals surface area contributed by atoms with Gasteiger partial charge < -0.3 is 16.0 Å². The van der Waals surface area contributed by atoms with Crippen molar-refractivity contribution in [2.75, 3.05) is 26.7 Å². The summed E-state index contributed by atoms with van der Waals surface area (Å²) in [5.41, 5.74) is 10.8. The number of aliphatic imine (C=N–C) groups is 1. The van der Waals surface area contributed by atoms with Gasteiger partial charge in [0.15, 0.2) is 0 Å². The largest absolute Gasteiger partial charge is 0.388 e. The summed E-state index contributed by atoms with van der Waals surface area (Å²) in [4.78, 5) is 7.00. The summed E-state index contributed by atoms with van der Waals surface area (Å²) in [6.07, 6.45) is 10.8. The summed E-state index contributed by atoms with van der Waals surface area (Å²) in [6.45, 7) is 2.93. The van der Waals surface area contributed by atoms with Crippen molar-refractivity contribution in [3.63, 3.8) is 0 Å². The molecule has 4 rings (SSSR count). The molecule has 3 aliphatic rings. The van der Waals surface area contributed by atoms with Gasteiger partial charge in [-0.1, -0.05) is 24.3 Å². The van der Waals surface area contributed by atoms with Gasteiger partial charge in [-0.3, -0.25) is 0 Å². The summed E-state index contributed by atoms with van der Waals surface area (Å²) in [5, 5.41) is 3.63.